The first-order chi connectivity index (χ1) is 9.61. The van der Waals surface area contributed by atoms with E-state index in [0.29, 0.717) is 31.0 Å². The maximum atomic E-state index is 12.5. The molecular weight excluding hydrogens is 274 g/mol. The molecule has 0 radical (unpaired) electrons. The molecule has 1 unspecified atom stereocenters. The van der Waals surface area contributed by atoms with Crippen molar-refractivity contribution in [3.8, 4) is 5.75 Å². The lowest BCUT2D eigenvalue weighted by Gasteiger charge is -2.30. The second kappa shape index (κ2) is 6.88. The predicted molar refractivity (Wildman–Crippen MR) is 80.3 cm³/mol. The predicted octanol–water partition coefficient (Wildman–Crippen LogP) is 1.74. The maximum Gasteiger partial charge on any atom is 0.263 e. The zero-order chi connectivity index (χ0) is 14.5. The van der Waals surface area contributed by atoms with Crippen molar-refractivity contribution in [3.63, 3.8) is 0 Å². The first kappa shape index (κ1) is 15.0. The van der Waals surface area contributed by atoms with Crippen LogP contribution in [0.5, 0.6) is 5.75 Å². The molecule has 1 aliphatic heterocycles. The van der Waals surface area contributed by atoms with Gasteiger partial charge in [-0.25, -0.2) is 0 Å². The van der Waals surface area contributed by atoms with E-state index in [1.807, 2.05) is 38.1 Å². The molecule has 1 aromatic rings. The number of hydrogen-bond acceptors (Lipinski definition) is 3. The smallest absolute Gasteiger partial charge is 0.263 e. The summed E-state index contributed by atoms with van der Waals surface area (Å²) in [6.45, 7) is 5.05. The van der Waals surface area contributed by atoms with E-state index < -0.39 is 16.9 Å². The Hall–Kier alpha value is -1.36. The molecule has 1 atom stereocenters. The second-order valence-electron chi connectivity index (χ2n) is 4.95. The van der Waals surface area contributed by atoms with Gasteiger partial charge in [-0.2, -0.15) is 0 Å². The van der Waals surface area contributed by atoms with Gasteiger partial charge in [0.2, 0.25) is 0 Å². The fourth-order valence-corrected chi connectivity index (χ4v) is 3.26. The molecule has 1 aromatic carbocycles. The average molecular weight is 295 g/mol. The highest BCUT2D eigenvalue weighted by Gasteiger charge is 2.27. The summed E-state index contributed by atoms with van der Waals surface area (Å²) in [6, 6.07) is 7.71. The zero-order valence-electron chi connectivity index (χ0n) is 12.0. The van der Waals surface area contributed by atoms with Crippen molar-refractivity contribution in [1.82, 2.24) is 4.90 Å². The van der Waals surface area contributed by atoms with Gasteiger partial charge in [0.1, 0.15) is 5.75 Å². The number of hydrogen-bond donors (Lipinski definition) is 0. The first-order valence-electron chi connectivity index (χ1n) is 6.98. The zero-order valence-corrected chi connectivity index (χ0v) is 12.8. The Morgan fingerprint density at radius 3 is 2.60 bits per heavy atom. The minimum absolute atomic E-state index is 0.00690. The van der Waals surface area contributed by atoms with E-state index in [9.17, 15) is 9.00 Å². The number of carbonyl (C=O) groups is 1. The van der Waals surface area contributed by atoms with E-state index >= 15 is 0 Å². The van der Waals surface area contributed by atoms with E-state index in [1.165, 1.54) is 0 Å². The third-order valence-electron chi connectivity index (χ3n) is 3.50. The van der Waals surface area contributed by atoms with E-state index in [4.69, 9.17) is 4.74 Å². The van der Waals surface area contributed by atoms with Crippen LogP contribution >= 0.6 is 0 Å². The molecule has 0 saturated carbocycles. The Kier molecular flexibility index (Phi) is 5.17. The van der Waals surface area contributed by atoms with Crippen LogP contribution < -0.4 is 4.74 Å². The summed E-state index contributed by atoms with van der Waals surface area (Å²) < 4.78 is 17.2. The fourth-order valence-electron chi connectivity index (χ4n) is 2.21. The van der Waals surface area contributed by atoms with Gasteiger partial charge in [0.15, 0.2) is 6.10 Å². The van der Waals surface area contributed by atoms with E-state index in [1.54, 1.807) is 4.90 Å². The molecule has 20 heavy (non-hydrogen) atoms. The minimum Gasteiger partial charge on any atom is -0.480 e. The summed E-state index contributed by atoms with van der Waals surface area (Å²) in [6.07, 6.45) is 0.176. The SMILES string of the molecule is CCC(Oc1ccccc1C)C(=O)N1CCS(=O)CC1. The number of nitrogens with zero attached hydrogens (tertiary/aromatic N) is 1. The van der Waals surface area contributed by atoms with Crippen LogP contribution in [0.4, 0.5) is 0 Å². The highest BCUT2D eigenvalue weighted by molar-refractivity contribution is 7.85. The lowest BCUT2D eigenvalue weighted by Crippen LogP contribution is -2.47. The van der Waals surface area contributed by atoms with Crippen LogP contribution in [0.3, 0.4) is 0 Å². The van der Waals surface area contributed by atoms with Gasteiger partial charge < -0.3 is 9.64 Å². The van der Waals surface area contributed by atoms with Crippen molar-refractivity contribution in [2.45, 2.75) is 26.4 Å². The normalized spacial score (nSPS) is 17.8. The topological polar surface area (TPSA) is 46.6 Å². The molecule has 0 aromatic heterocycles. The third kappa shape index (κ3) is 3.60. The van der Waals surface area contributed by atoms with Crippen LogP contribution in [0.1, 0.15) is 18.9 Å². The molecule has 5 heteroatoms. The van der Waals surface area contributed by atoms with Crippen molar-refractivity contribution in [1.29, 1.82) is 0 Å². The maximum absolute atomic E-state index is 12.5. The number of benzene rings is 1. The Balaban J connectivity index is 2.02. The quantitative estimate of drug-likeness (QED) is 0.850. The molecule has 0 N–H and O–H groups in total. The Labute approximate surface area is 122 Å². The van der Waals surface area contributed by atoms with Gasteiger partial charge in [0.05, 0.1) is 0 Å². The number of ether oxygens (including phenoxy) is 1. The highest BCUT2D eigenvalue weighted by Crippen LogP contribution is 2.20. The van der Waals surface area contributed by atoms with Crippen molar-refractivity contribution in [3.05, 3.63) is 29.8 Å². The second-order valence-corrected chi connectivity index (χ2v) is 6.65. The van der Waals surface area contributed by atoms with Crippen molar-refractivity contribution >= 4 is 16.7 Å². The summed E-state index contributed by atoms with van der Waals surface area (Å²) in [5, 5.41) is 0. The largest absolute Gasteiger partial charge is 0.480 e. The number of para-hydroxylation sites is 1. The van der Waals surface area contributed by atoms with Crippen molar-refractivity contribution in [2.75, 3.05) is 24.6 Å². The van der Waals surface area contributed by atoms with Crippen LogP contribution in [0, 0.1) is 6.92 Å². The lowest BCUT2D eigenvalue weighted by molar-refractivity contribution is -0.138. The monoisotopic (exact) mass is 295 g/mol. The molecule has 1 amide bonds. The summed E-state index contributed by atoms with van der Waals surface area (Å²) in [5.41, 5.74) is 1.03. The minimum atomic E-state index is -0.769. The van der Waals surface area contributed by atoms with E-state index in [-0.39, 0.29) is 5.91 Å². The van der Waals surface area contributed by atoms with Crippen molar-refractivity contribution in [2.24, 2.45) is 0 Å². The number of amides is 1. The molecule has 0 bridgehead atoms. The van der Waals surface area contributed by atoms with Crippen LogP contribution in [-0.4, -0.2) is 45.7 Å². The van der Waals surface area contributed by atoms with Gasteiger partial charge in [-0.15, -0.1) is 0 Å². The molecule has 1 fully saturated rings. The average Bonchev–Trinajstić information content (AvgIpc) is 2.46. The van der Waals surface area contributed by atoms with Gasteiger partial charge >= 0.3 is 0 Å². The van der Waals surface area contributed by atoms with Gasteiger partial charge in [0.25, 0.3) is 5.91 Å². The van der Waals surface area contributed by atoms with E-state index in [2.05, 4.69) is 0 Å². The van der Waals surface area contributed by atoms with Crippen LogP contribution in [0.25, 0.3) is 0 Å². The molecule has 1 aliphatic rings. The van der Waals surface area contributed by atoms with Gasteiger partial charge in [-0.05, 0) is 25.0 Å². The molecule has 110 valence electrons. The Morgan fingerprint density at radius 2 is 2.00 bits per heavy atom. The van der Waals surface area contributed by atoms with Gasteiger partial charge in [-0.3, -0.25) is 9.00 Å². The number of rotatable bonds is 4. The standard InChI is InChI=1S/C15H21NO3S/c1-3-13(19-14-7-5-4-6-12(14)2)15(17)16-8-10-20(18)11-9-16/h4-7,13H,3,8-11H2,1-2H3. The third-order valence-corrected chi connectivity index (χ3v) is 4.77. The lowest BCUT2D eigenvalue weighted by atomic mass is 10.2. The van der Waals surface area contributed by atoms with Crippen LogP contribution in [-0.2, 0) is 15.6 Å². The Bertz CT molecular complexity index is 494. The number of aryl methyl sites for hydroxylation is 1. The molecule has 0 spiro atoms. The van der Waals surface area contributed by atoms with Crippen LogP contribution in [0.15, 0.2) is 24.3 Å². The summed E-state index contributed by atoms with van der Waals surface area (Å²) in [5.74, 6) is 1.92. The fraction of sp³-hybridized carbons (Fsp3) is 0.533. The summed E-state index contributed by atoms with van der Waals surface area (Å²) >= 11 is 0. The highest BCUT2D eigenvalue weighted by atomic mass is 32.2. The molecule has 4 nitrogen and oxygen atoms in total. The summed E-state index contributed by atoms with van der Waals surface area (Å²) in [7, 11) is -0.769. The summed E-state index contributed by atoms with van der Waals surface area (Å²) in [4.78, 5) is 14.2. The van der Waals surface area contributed by atoms with E-state index in [0.717, 1.165) is 11.3 Å². The van der Waals surface area contributed by atoms with Gasteiger partial charge in [-0.1, -0.05) is 25.1 Å². The first-order valence-corrected chi connectivity index (χ1v) is 8.46. The van der Waals surface area contributed by atoms with Crippen LogP contribution in [0.2, 0.25) is 0 Å². The number of carbonyl (C=O) groups excluding carboxylic acids is 1. The molecule has 1 saturated heterocycles. The molecule has 1 heterocycles. The Morgan fingerprint density at radius 1 is 1.35 bits per heavy atom. The van der Waals surface area contributed by atoms with Gasteiger partial charge in [0, 0.05) is 35.4 Å². The van der Waals surface area contributed by atoms with Crippen molar-refractivity contribution < 1.29 is 13.7 Å². The molecule has 0 aliphatic carbocycles. The molecular formula is C15H21NO3S. The molecule has 2 rings (SSSR count).